The number of amides is 1. The summed E-state index contributed by atoms with van der Waals surface area (Å²) in [6, 6.07) is 14.6. The van der Waals surface area contributed by atoms with E-state index < -0.39 is 0 Å². The molecule has 0 radical (unpaired) electrons. The summed E-state index contributed by atoms with van der Waals surface area (Å²) in [6.07, 6.45) is 2.67. The van der Waals surface area contributed by atoms with Crippen LogP contribution in [0.4, 0.5) is 5.69 Å². The predicted molar refractivity (Wildman–Crippen MR) is 88.0 cm³/mol. The number of hydrogen-bond acceptors (Lipinski definition) is 2. The Morgan fingerprint density at radius 3 is 2.71 bits per heavy atom. The Labute approximate surface area is 127 Å². The molecular weight excluding hydrogens is 278 g/mol. The number of carbonyl (C=O) groups excluding carboxylic acids is 1. The van der Waals surface area contributed by atoms with Crippen LogP contribution in [-0.4, -0.2) is 5.91 Å². The first kappa shape index (κ1) is 12.6. The van der Waals surface area contributed by atoms with E-state index in [-0.39, 0.29) is 5.91 Å². The second kappa shape index (κ2) is 5.01. The molecule has 2 nitrogen and oxygen atoms in total. The molecule has 0 spiro atoms. The lowest BCUT2D eigenvalue weighted by atomic mass is 10.0. The van der Waals surface area contributed by atoms with E-state index in [1.165, 1.54) is 21.9 Å². The fourth-order valence-corrected chi connectivity index (χ4v) is 3.83. The summed E-state index contributed by atoms with van der Waals surface area (Å²) >= 11 is 1.62. The molecule has 0 bridgehead atoms. The Hall–Kier alpha value is -2.13. The average Bonchev–Trinajstić information content (AvgIpc) is 3.13. The second-order valence-electron chi connectivity index (χ2n) is 5.42. The van der Waals surface area contributed by atoms with Crippen LogP contribution in [0.3, 0.4) is 0 Å². The summed E-state index contributed by atoms with van der Waals surface area (Å²) in [4.78, 5) is 13.3. The van der Waals surface area contributed by atoms with E-state index in [2.05, 4.69) is 29.6 Å². The van der Waals surface area contributed by atoms with Crippen LogP contribution in [0.5, 0.6) is 0 Å². The third-order valence-electron chi connectivity index (χ3n) is 4.07. The van der Waals surface area contributed by atoms with Gasteiger partial charge in [0.15, 0.2) is 0 Å². The van der Waals surface area contributed by atoms with Crippen LogP contribution in [0.2, 0.25) is 0 Å². The molecule has 3 aromatic rings. The van der Waals surface area contributed by atoms with Crippen molar-refractivity contribution in [2.75, 3.05) is 5.32 Å². The number of nitrogens with one attached hydrogen (secondary N) is 1. The lowest BCUT2D eigenvalue weighted by molar-refractivity contribution is -0.115. The highest BCUT2D eigenvalue weighted by Gasteiger charge is 2.16. The van der Waals surface area contributed by atoms with Gasteiger partial charge in [0.05, 0.1) is 6.42 Å². The van der Waals surface area contributed by atoms with Crippen LogP contribution in [0.15, 0.2) is 47.8 Å². The van der Waals surface area contributed by atoms with Gasteiger partial charge in [-0.2, -0.15) is 0 Å². The molecule has 1 heterocycles. The molecule has 1 aromatic heterocycles. The van der Waals surface area contributed by atoms with Gasteiger partial charge < -0.3 is 5.32 Å². The molecule has 0 atom stereocenters. The number of rotatable bonds is 3. The molecule has 1 aliphatic rings. The summed E-state index contributed by atoms with van der Waals surface area (Å²) < 4.78 is 0. The van der Waals surface area contributed by atoms with Gasteiger partial charge in [-0.05, 0) is 46.9 Å². The Morgan fingerprint density at radius 1 is 1.05 bits per heavy atom. The average molecular weight is 293 g/mol. The molecule has 0 fully saturated rings. The van der Waals surface area contributed by atoms with Crippen molar-refractivity contribution in [2.45, 2.75) is 19.3 Å². The summed E-state index contributed by atoms with van der Waals surface area (Å²) in [5.41, 5.74) is 3.73. The van der Waals surface area contributed by atoms with Crippen LogP contribution in [0.1, 0.15) is 16.0 Å². The summed E-state index contributed by atoms with van der Waals surface area (Å²) in [7, 11) is 0. The van der Waals surface area contributed by atoms with Crippen molar-refractivity contribution in [3.05, 3.63) is 63.8 Å². The molecule has 1 aliphatic carbocycles. The van der Waals surface area contributed by atoms with E-state index in [1.54, 1.807) is 11.3 Å². The van der Waals surface area contributed by atoms with Gasteiger partial charge in [0, 0.05) is 16.0 Å². The Balaban J connectivity index is 1.67. The molecule has 0 saturated carbocycles. The zero-order valence-electron chi connectivity index (χ0n) is 11.6. The molecule has 0 unspecified atom stereocenters. The van der Waals surface area contributed by atoms with Gasteiger partial charge in [-0.25, -0.2) is 0 Å². The fourth-order valence-electron chi connectivity index (χ4n) is 3.12. The van der Waals surface area contributed by atoms with Crippen molar-refractivity contribution in [3.63, 3.8) is 0 Å². The third-order valence-corrected chi connectivity index (χ3v) is 4.94. The second-order valence-corrected chi connectivity index (χ2v) is 6.45. The highest BCUT2D eigenvalue weighted by Crippen LogP contribution is 2.35. The third kappa shape index (κ3) is 2.24. The molecule has 1 N–H and O–H groups in total. The topological polar surface area (TPSA) is 29.1 Å². The van der Waals surface area contributed by atoms with E-state index in [0.717, 1.165) is 23.4 Å². The van der Waals surface area contributed by atoms with Crippen molar-refractivity contribution in [3.8, 4) is 0 Å². The van der Waals surface area contributed by atoms with E-state index in [4.69, 9.17) is 0 Å². The van der Waals surface area contributed by atoms with Crippen molar-refractivity contribution in [1.82, 2.24) is 0 Å². The summed E-state index contributed by atoms with van der Waals surface area (Å²) in [5, 5.41) is 7.58. The number of hydrogen-bond donors (Lipinski definition) is 1. The van der Waals surface area contributed by atoms with Crippen molar-refractivity contribution >= 4 is 33.7 Å². The zero-order valence-corrected chi connectivity index (χ0v) is 12.4. The monoisotopic (exact) mass is 293 g/mol. The van der Waals surface area contributed by atoms with Gasteiger partial charge >= 0.3 is 0 Å². The highest BCUT2D eigenvalue weighted by molar-refractivity contribution is 7.10. The van der Waals surface area contributed by atoms with E-state index >= 15 is 0 Å². The van der Waals surface area contributed by atoms with Crippen molar-refractivity contribution in [1.29, 1.82) is 0 Å². The Morgan fingerprint density at radius 2 is 1.90 bits per heavy atom. The molecule has 104 valence electrons. The number of anilines is 1. The van der Waals surface area contributed by atoms with Crippen LogP contribution in [0, 0.1) is 0 Å². The molecule has 21 heavy (non-hydrogen) atoms. The number of thiophene rings is 1. The lowest BCUT2D eigenvalue weighted by Gasteiger charge is -2.10. The zero-order chi connectivity index (χ0) is 14.2. The fraction of sp³-hybridized carbons (Fsp3) is 0.167. The van der Waals surface area contributed by atoms with Crippen LogP contribution >= 0.6 is 11.3 Å². The van der Waals surface area contributed by atoms with Crippen LogP contribution in [0.25, 0.3) is 10.8 Å². The maximum absolute atomic E-state index is 12.2. The molecule has 0 aliphatic heterocycles. The first-order valence-electron chi connectivity index (χ1n) is 7.17. The number of benzene rings is 2. The number of aryl methyl sites for hydroxylation is 2. The Bertz CT molecular complexity index is 810. The predicted octanol–water partition coefficient (Wildman–Crippen LogP) is 4.18. The van der Waals surface area contributed by atoms with Crippen LogP contribution < -0.4 is 5.32 Å². The van der Waals surface area contributed by atoms with Gasteiger partial charge in [-0.3, -0.25) is 4.79 Å². The van der Waals surface area contributed by atoms with Gasteiger partial charge in [0.2, 0.25) is 5.91 Å². The minimum absolute atomic E-state index is 0.0520. The van der Waals surface area contributed by atoms with Crippen molar-refractivity contribution in [2.24, 2.45) is 0 Å². The Kier molecular flexibility index (Phi) is 3.00. The molecule has 1 amide bonds. The highest BCUT2D eigenvalue weighted by atomic mass is 32.1. The largest absolute Gasteiger partial charge is 0.325 e. The quantitative estimate of drug-likeness (QED) is 0.771. The normalized spacial score (nSPS) is 12.8. The van der Waals surface area contributed by atoms with Crippen molar-refractivity contribution < 1.29 is 4.79 Å². The lowest BCUT2D eigenvalue weighted by Crippen LogP contribution is -2.14. The van der Waals surface area contributed by atoms with Crippen LogP contribution in [-0.2, 0) is 24.1 Å². The number of carbonyl (C=O) groups is 1. The smallest absolute Gasteiger partial charge is 0.229 e. The molecule has 3 heteroatoms. The van der Waals surface area contributed by atoms with Gasteiger partial charge in [0.25, 0.3) is 0 Å². The first-order valence-corrected chi connectivity index (χ1v) is 8.05. The van der Waals surface area contributed by atoms with E-state index in [0.29, 0.717) is 6.42 Å². The minimum atomic E-state index is 0.0520. The van der Waals surface area contributed by atoms with E-state index in [1.807, 2.05) is 23.6 Å². The van der Waals surface area contributed by atoms with E-state index in [9.17, 15) is 4.79 Å². The van der Waals surface area contributed by atoms with Gasteiger partial charge in [0.1, 0.15) is 0 Å². The summed E-state index contributed by atoms with van der Waals surface area (Å²) in [6.45, 7) is 0. The van der Waals surface area contributed by atoms with Gasteiger partial charge in [-0.1, -0.05) is 30.3 Å². The maximum atomic E-state index is 12.2. The summed E-state index contributed by atoms with van der Waals surface area (Å²) in [5.74, 6) is 0.0520. The molecule has 0 saturated heterocycles. The standard InChI is InChI=1S/C18H15NOS/c20-17(11-14-4-2-10-21-14)19-16-9-8-13-7-6-12-3-1-5-15(16)18(12)13/h1-5,8-10H,6-7,11H2,(H,19,20). The van der Waals surface area contributed by atoms with Gasteiger partial charge in [-0.15, -0.1) is 11.3 Å². The molecule has 2 aromatic carbocycles. The maximum Gasteiger partial charge on any atom is 0.229 e. The SMILES string of the molecule is O=C(Cc1cccs1)Nc1ccc2c3c(cccc13)CC2. The molecular formula is C18H15NOS. The minimum Gasteiger partial charge on any atom is -0.325 e. The molecule has 4 rings (SSSR count). The first-order chi connectivity index (χ1) is 10.3.